The van der Waals surface area contributed by atoms with E-state index in [0.29, 0.717) is 17.2 Å². The maximum Gasteiger partial charge on any atom is 0.248 e. The molecule has 5 rings (SSSR count). The number of hydrogen-bond donors (Lipinski definition) is 1. The lowest BCUT2D eigenvalue weighted by atomic mass is 10.1. The van der Waals surface area contributed by atoms with E-state index in [4.69, 9.17) is 16.0 Å². The van der Waals surface area contributed by atoms with Gasteiger partial charge in [0.15, 0.2) is 5.65 Å². The third kappa shape index (κ3) is 3.97. The van der Waals surface area contributed by atoms with Crippen LogP contribution in [-0.2, 0) is 17.9 Å². The molecule has 0 saturated carbocycles. The summed E-state index contributed by atoms with van der Waals surface area (Å²) in [6.07, 6.45) is 4.86. The summed E-state index contributed by atoms with van der Waals surface area (Å²) >= 11 is 5.92. The number of aryl methyl sites for hydroxylation is 1. The Hall–Kier alpha value is -3.98. The van der Waals surface area contributed by atoms with Crippen LogP contribution in [0.5, 0.6) is 0 Å². The Morgan fingerprint density at radius 3 is 2.75 bits per heavy atom. The highest BCUT2D eigenvalue weighted by atomic mass is 35.5. The quantitative estimate of drug-likeness (QED) is 0.423. The molecule has 0 spiro atoms. The molecule has 1 N–H and O–H groups in total. The van der Waals surface area contributed by atoms with Crippen molar-refractivity contribution in [2.75, 3.05) is 5.32 Å². The average molecular weight is 448 g/mol. The lowest BCUT2D eigenvalue weighted by molar-refractivity contribution is -0.116. The number of benzene rings is 1. The van der Waals surface area contributed by atoms with E-state index in [1.807, 2.05) is 49.4 Å². The van der Waals surface area contributed by atoms with Gasteiger partial charge < -0.3 is 4.42 Å². The van der Waals surface area contributed by atoms with E-state index in [0.717, 1.165) is 28.0 Å². The number of aromatic nitrogens is 6. The molecule has 160 valence electrons. The summed E-state index contributed by atoms with van der Waals surface area (Å²) in [6.45, 7) is 2.37. The smallest absolute Gasteiger partial charge is 0.248 e. The van der Waals surface area contributed by atoms with Crippen molar-refractivity contribution in [2.45, 2.75) is 20.0 Å². The van der Waals surface area contributed by atoms with Gasteiger partial charge in [0.05, 0.1) is 23.9 Å². The third-order valence-corrected chi connectivity index (χ3v) is 5.19. The summed E-state index contributed by atoms with van der Waals surface area (Å²) in [6, 6.07) is 13.0. The maximum atomic E-state index is 12.6. The van der Waals surface area contributed by atoms with Crippen molar-refractivity contribution in [3.05, 3.63) is 77.5 Å². The minimum Gasteiger partial charge on any atom is -0.464 e. The number of furan rings is 1. The summed E-state index contributed by atoms with van der Waals surface area (Å²) < 4.78 is 8.74. The second-order valence-corrected chi connectivity index (χ2v) is 7.65. The molecule has 0 fully saturated rings. The lowest BCUT2D eigenvalue weighted by Crippen LogP contribution is -2.20. The number of hydrogen-bond acceptors (Lipinski definition) is 6. The van der Waals surface area contributed by atoms with E-state index < -0.39 is 0 Å². The van der Waals surface area contributed by atoms with Crippen LogP contribution in [0.3, 0.4) is 0 Å². The van der Waals surface area contributed by atoms with Crippen LogP contribution in [0, 0.1) is 6.92 Å². The Labute approximate surface area is 187 Å². The summed E-state index contributed by atoms with van der Waals surface area (Å²) in [5.74, 6) is 0.644. The van der Waals surface area contributed by atoms with Crippen molar-refractivity contribution in [1.82, 2.24) is 29.5 Å². The van der Waals surface area contributed by atoms with Crippen molar-refractivity contribution < 1.29 is 9.21 Å². The highest BCUT2D eigenvalue weighted by Crippen LogP contribution is 2.30. The van der Waals surface area contributed by atoms with Gasteiger partial charge in [-0.25, -0.2) is 19.3 Å². The molecule has 9 nitrogen and oxygen atoms in total. The monoisotopic (exact) mass is 447 g/mol. The number of amides is 1. The van der Waals surface area contributed by atoms with Crippen LogP contribution in [0.2, 0.25) is 5.02 Å². The fourth-order valence-corrected chi connectivity index (χ4v) is 3.66. The number of rotatable bonds is 6. The molecular weight excluding hydrogens is 430 g/mol. The molecule has 4 aromatic heterocycles. The summed E-state index contributed by atoms with van der Waals surface area (Å²) in [5, 5.41) is 13.0. The van der Waals surface area contributed by atoms with Crippen molar-refractivity contribution >= 4 is 34.5 Å². The van der Waals surface area contributed by atoms with Crippen LogP contribution in [0.1, 0.15) is 11.3 Å². The standard InChI is InChI=1S/C22H18ClN7O2/c1-14-20-17(18-3-2-10-32-18)8-9-24-21(20)30(27-14)12-19(31)26-22-25-13-29(28-22)11-15-4-6-16(23)7-5-15/h2-10,13H,11-12H2,1H3,(H,26,28,31). The highest BCUT2D eigenvalue weighted by Gasteiger charge is 2.17. The zero-order chi connectivity index (χ0) is 22.1. The summed E-state index contributed by atoms with van der Waals surface area (Å²) in [7, 11) is 0. The van der Waals surface area contributed by atoms with E-state index in [1.54, 1.807) is 28.2 Å². The van der Waals surface area contributed by atoms with E-state index in [1.165, 1.54) is 0 Å². The lowest BCUT2D eigenvalue weighted by Gasteiger charge is -2.04. The molecule has 1 aromatic carbocycles. The first-order valence-corrected chi connectivity index (χ1v) is 10.2. The van der Waals surface area contributed by atoms with Gasteiger partial charge in [-0.3, -0.25) is 10.1 Å². The first-order valence-electron chi connectivity index (χ1n) is 9.86. The van der Waals surface area contributed by atoms with Gasteiger partial charge in [0.2, 0.25) is 11.9 Å². The molecule has 0 aliphatic carbocycles. The second-order valence-electron chi connectivity index (χ2n) is 7.22. The SMILES string of the molecule is Cc1nn(CC(=O)Nc2ncn(Cc3ccc(Cl)cc3)n2)c2nccc(-c3ccco3)c12. The summed E-state index contributed by atoms with van der Waals surface area (Å²) in [4.78, 5) is 21.2. The molecule has 0 unspecified atom stereocenters. The molecule has 32 heavy (non-hydrogen) atoms. The minimum atomic E-state index is -0.302. The van der Waals surface area contributed by atoms with Crippen LogP contribution in [-0.4, -0.2) is 35.4 Å². The Morgan fingerprint density at radius 2 is 1.97 bits per heavy atom. The molecule has 0 atom stereocenters. The molecule has 0 radical (unpaired) electrons. The fraction of sp³-hybridized carbons (Fsp3) is 0.136. The van der Waals surface area contributed by atoms with E-state index in [9.17, 15) is 4.79 Å². The molecule has 0 aliphatic heterocycles. The van der Waals surface area contributed by atoms with Gasteiger partial charge in [-0.15, -0.1) is 5.10 Å². The van der Waals surface area contributed by atoms with E-state index >= 15 is 0 Å². The largest absolute Gasteiger partial charge is 0.464 e. The number of nitrogens with one attached hydrogen (secondary N) is 1. The topological polar surface area (TPSA) is 104 Å². The van der Waals surface area contributed by atoms with Gasteiger partial charge in [0.1, 0.15) is 18.6 Å². The number of fused-ring (bicyclic) bond motifs is 1. The zero-order valence-corrected chi connectivity index (χ0v) is 17.8. The van der Waals surface area contributed by atoms with Crippen molar-refractivity contribution in [2.24, 2.45) is 0 Å². The van der Waals surface area contributed by atoms with Gasteiger partial charge in [0, 0.05) is 16.8 Å². The number of anilines is 1. The van der Waals surface area contributed by atoms with Crippen LogP contribution in [0.15, 0.2) is 65.7 Å². The minimum absolute atomic E-state index is 0.0231. The molecule has 0 bridgehead atoms. The van der Waals surface area contributed by atoms with Crippen molar-refractivity contribution in [1.29, 1.82) is 0 Å². The second kappa shape index (κ2) is 8.27. The molecule has 0 aliphatic rings. The normalized spacial score (nSPS) is 11.2. The average Bonchev–Trinajstić information content (AvgIpc) is 3.52. The highest BCUT2D eigenvalue weighted by molar-refractivity contribution is 6.30. The Bertz CT molecular complexity index is 1390. The molecule has 0 saturated heterocycles. The fourth-order valence-electron chi connectivity index (χ4n) is 3.53. The molecule has 10 heteroatoms. The maximum absolute atomic E-state index is 12.6. The number of nitrogens with zero attached hydrogens (tertiary/aromatic N) is 6. The van der Waals surface area contributed by atoms with Crippen LogP contribution in [0.4, 0.5) is 5.95 Å². The zero-order valence-electron chi connectivity index (χ0n) is 17.1. The number of pyridine rings is 1. The van der Waals surface area contributed by atoms with Crippen LogP contribution < -0.4 is 5.32 Å². The van der Waals surface area contributed by atoms with Gasteiger partial charge in [-0.1, -0.05) is 23.7 Å². The van der Waals surface area contributed by atoms with Gasteiger partial charge >= 0.3 is 0 Å². The van der Waals surface area contributed by atoms with E-state index in [-0.39, 0.29) is 18.4 Å². The Morgan fingerprint density at radius 1 is 1.12 bits per heavy atom. The number of halogens is 1. The summed E-state index contributed by atoms with van der Waals surface area (Å²) in [5.41, 5.74) is 3.27. The number of carbonyl (C=O) groups excluding carboxylic acids is 1. The first-order chi connectivity index (χ1) is 15.6. The predicted molar refractivity (Wildman–Crippen MR) is 119 cm³/mol. The first kappa shape index (κ1) is 20.0. The van der Waals surface area contributed by atoms with E-state index in [2.05, 4.69) is 25.5 Å². The third-order valence-electron chi connectivity index (χ3n) is 4.93. The number of carbonyl (C=O) groups is 1. The van der Waals surface area contributed by atoms with Crippen molar-refractivity contribution in [3.63, 3.8) is 0 Å². The Kier molecular flexibility index (Phi) is 5.16. The molecular formula is C22H18ClN7O2. The molecule has 4 heterocycles. The Balaban J connectivity index is 1.31. The van der Waals surface area contributed by atoms with Gasteiger partial charge in [-0.2, -0.15) is 5.10 Å². The van der Waals surface area contributed by atoms with Crippen LogP contribution >= 0.6 is 11.6 Å². The molecule has 1 amide bonds. The molecule has 5 aromatic rings. The predicted octanol–water partition coefficient (Wildman–Crippen LogP) is 3.93. The van der Waals surface area contributed by atoms with Gasteiger partial charge in [0.25, 0.3) is 0 Å². The van der Waals surface area contributed by atoms with Crippen molar-refractivity contribution in [3.8, 4) is 11.3 Å². The van der Waals surface area contributed by atoms with Crippen LogP contribution in [0.25, 0.3) is 22.4 Å². The van der Waals surface area contributed by atoms with Gasteiger partial charge in [-0.05, 0) is 42.8 Å².